The molecule has 1 aromatic carbocycles. The second-order valence-corrected chi connectivity index (χ2v) is 7.82. The number of hydrazine groups is 1. The van der Waals surface area contributed by atoms with Crippen molar-refractivity contribution in [3.05, 3.63) is 66.0 Å². The van der Waals surface area contributed by atoms with E-state index in [1.807, 2.05) is 29.3 Å². The summed E-state index contributed by atoms with van der Waals surface area (Å²) < 4.78 is 15.1. The number of halogens is 1. The quantitative estimate of drug-likeness (QED) is 0.711. The number of fused-ring (bicyclic) bond motifs is 1. The van der Waals surface area contributed by atoms with Gasteiger partial charge in [-0.2, -0.15) is 0 Å². The molecule has 0 radical (unpaired) electrons. The molecule has 5 rings (SSSR count). The van der Waals surface area contributed by atoms with E-state index in [4.69, 9.17) is 0 Å². The number of hydrogen-bond acceptors (Lipinski definition) is 5. The van der Waals surface area contributed by atoms with Crippen LogP contribution in [-0.2, 0) is 0 Å². The zero-order valence-corrected chi connectivity index (χ0v) is 16.0. The minimum Gasteiger partial charge on any atom is -0.337 e. The second kappa shape index (κ2) is 7.53. The molecule has 0 spiro atoms. The number of imidazole rings is 1. The van der Waals surface area contributed by atoms with Gasteiger partial charge in [0.15, 0.2) is 0 Å². The average molecular weight is 394 g/mol. The molecule has 2 aliphatic heterocycles. The number of amides is 1. The molecule has 2 N–H and O–H groups in total. The summed E-state index contributed by atoms with van der Waals surface area (Å²) >= 11 is 0. The summed E-state index contributed by atoms with van der Waals surface area (Å²) in [6.07, 6.45) is 7.25. The maximum Gasteiger partial charge on any atom is 0.274 e. The van der Waals surface area contributed by atoms with Crippen LogP contribution in [0.25, 0.3) is 5.78 Å². The first-order valence-electron chi connectivity index (χ1n) is 10.0. The van der Waals surface area contributed by atoms with Gasteiger partial charge >= 0.3 is 0 Å². The SMILES string of the molecule is O=C(c1cn2cccnc2n1)N1CCCC(C2NNCC2c2ccc(F)cc2)C1. The highest BCUT2D eigenvalue weighted by Gasteiger charge is 2.38. The first-order valence-corrected chi connectivity index (χ1v) is 10.0. The molecule has 2 aromatic heterocycles. The Hall–Kier alpha value is -2.84. The van der Waals surface area contributed by atoms with Crippen LogP contribution in [0.3, 0.4) is 0 Å². The lowest BCUT2D eigenvalue weighted by molar-refractivity contribution is 0.0639. The van der Waals surface area contributed by atoms with Gasteiger partial charge in [0, 0.05) is 50.2 Å². The third-order valence-corrected chi connectivity index (χ3v) is 6.03. The molecule has 8 heteroatoms. The van der Waals surface area contributed by atoms with Gasteiger partial charge in [-0.25, -0.2) is 14.4 Å². The molecule has 3 unspecified atom stereocenters. The second-order valence-electron chi connectivity index (χ2n) is 7.82. The Balaban J connectivity index is 1.33. The molecule has 150 valence electrons. The van der Waals surface area contributed by atoms with Crippen molar-refractivity contribution < 1.29 is 9.18 Å². The van der Waals surface area contributed by atoms with E-state index in [1.54, 1.807) is 16.8 Å². The van der Waals surface area contributed by atoms with Gasteiger partial charge in [0.1, 0.15) is 11.5 Å². The number of nitrogens with one attached hydrogen (secondary N) is 2. The van der Waals surface area contributed by atoms with Crippen molar-refractivity contribution in [3.63, 3.8) is 0 Å². The number of piperidine rings is 1. The normalized spacial score (nSPS) is 24.9. The van der Waals surface area contributed by atoms with E-state index in [0.29, 0.717) is 23.9 Å². The summed E-state index contributed by atoms with van der Waals surface area (Å²) in [7, 11) is 0. The molecule has 29 heavy (non-hydrogen) atoms. The largest absolute Gasteiger partial charge is 0.337 e. The van der Waals surface area contributed by atoms with E-state index in [9.17, 15) is 9.18 Å². The van der Waals surface area contributed by atoms with Gasteiger partial charge < -0.3 is 4.90 Å². The number of carbonyl (C=O) groups is 1. The molecule has 4 heterocycles. The molecule has 0 saturated carbocycles. The van der Waals surface area contributed by atoms with E-state index >= 15 is 0 Å². The number of nitrogens with zero attached hydrogens (tertiary/aromatic N) is 4. The third kappa shape index (κ3) is 3.49. The number of likely N-dealkylation sites (tertiary alicyclic amines) is 1. The van der Waals surface area contributed by atoms with Crippen molar-refractivity contribution in [1.29, 1.82) is 0 Å². The van der Waals surface area contributed by atoms with Crippen molar-refractivity contribution in [1.82, 2.24) is 30.1 Å². The molecular formula is C21H23FN6O. The lowest BCUT2D eigenvalue weighted by Gasteiger charge is -2.37. The number of carbonyl (C=O) groups excluding carboxylic acids is 1. The minimum absolute atomic E-state index is 0.0514. The topological polar surface area (TPSA) is 74.6 Å². The Kier molecular flexibility index (Phi) is 4.73. The lowest BCUT2D eigenvalue weighted by atomic mass is 9.81. The van der Waals surface area contributed by atoms with Gasteiger partial charge in [-0.1, -0.05) is 12.1 Å². The van der Waals surface area contributed by atoms with Crippen LogP contribution in [-0.4, -0.2) is 50.9 Å². The summed E-state index contributed by atoms with van der Waals surface area (Å²) in [4.78, 5) is 23.5. The molecule has 2 aliphatic rings. The Morgan fingerprint density at radius 3 is 2.93 bits per heavy atom. The smallest absolute Gasteiger partial charge is 0.274 e. The monoisotopic (exact) mass is 394 g/mol. The zero-order valence-electron chi connectivity index (χ0n) is 16.0. The fourth-order valence-electron chi connectivity index (χ4n) is 4.58. The lowest BCUT2D eigenvalue weighted by Crippen LogP contribution is -2.48. The maximum atomic E-state index is 13.3. The summed E-state index contributed by atoms with van der Waals surface area (Å²) in [6, 6.07) is 8.75. The van der Waals surface area contributed by atoms with E-state index in [0.717, 1.165) is 31.5 Å². The van der Waals surface area contributed by atoms with Crippen molar-refractivity contribution >= 4 is 11.7 Å². The summed E-state index contributed by atoms with van der Waals surface area (Å²) in [5, 5.41) is 0. The molecule has 2 fully saturated rings. The highest BCUT2D eigenvalue weighted by molar-refractivity contribution is 5.92. The van der Waals surface area contributed by atoms with Crippen LogP contribution >= 0.6 is 0 Å². The zero-order chi connectivity index (χ0) is 19.8. The summed E-state index contributed by atoms with van der Waals surface area (Å²) in [5.74, 6) is 0.815. The van der Waals surface area contributed by atoms with Crippen LogP contribution in [0.2, 0.25) is 0 Å². The number of rotatable bonds is 3. The standard InChI is InChI=1S/C21H23FN6O/c22-16-6-4-14(5-7-16)17-11-24-26-19(17)15-3-1-9-27(12-15)20(29)18-13-28-10-2-8-23-21(28)25-18/h2,4-8,10,13,15,17,19,24,26H,1,3,9,11-12H2. The van der Waals surface area contributed by atoms with Crippen molar-refractivity contribution in [2.45, 2.75) is 24.8 Å². The minimum atomic E-state index is -0.222. The predicted octanol–water partition coefficient (Wildman–Crippen LogP) is 1.98. The fourth-order valence-corrected chi connectivity index (χ4v) is 4.58. The van der Waals surface area contributed by atoms with E-state index < -0.39 is 0 Å². The van der Waals surface area contributed by atoms with E-state index in [1.165, 1.54) is 12.1 Å². The first kappa shape index (κ1) is 18.2. The van der Waals surface area contributed by atoms with Crippen LogP contribution in [0, 0.1) is 11.7 Å². The number of hydrogen-bond donors (Lipinski definition) is 2. The summed E-state index contributed by atoms with van der Waals surface area (Å²) in [6.45, 7) is 2.20. The highest BCUT2D eigenvalue weighted by Crippen LogP contribution is 2.32. The van der Waals surface area contributed by atoms with Gasteiger partial charge in [-0.3, -0.25) is 20.0 Å². The Labute approximate surface area is 167 Å². The van der Waals surface area contributed by atoms with Gasteiger partial charge in [0.25, 0.3) is 5.91 Å². The van der Waals surface area contributed by atoms with Gasteiger partial charge in [-0.15, -0.1) is 0 Å². The van der Waals surface area contributed by atoms with Crippen molar-refractivity contribution in [3.8, 4) is 0 Å². The Morgan fingerprint density at radius 1 is 1.24 bits per heavy atom. The van der Waals surface area contributed by atoms with Gasteiger partial charge in [-0.05, 0) is 42.5 Å². The number of aromatic nitrogens is 3. The molecule has 3 atom stereocenters. The molecule has 3 aromatic rings. The first-order chi connectivity index (χ1) is 14.2. The number of benzene rings is 1. The molecule has 0 bridgehead atoms. The van der Waals surface area contributed by atoms with Gasteiger partial charge in [0.05, 0.1) is 0 Å². The van der Waals surface area contributed by atoms with Crippen LogP contribution in [0.5, 0.6) is 0 Å². The third-order valence-electron chi connectivity index (χ3n) is 6.03. The Morgan fingerprint density at radius 2 is 2.10 bits per heavy atom. The van der Waals surface area contributed by atoms with E-state index in [2.05, 4.69) is 20.8 Å². The maximum absolute atomic E-state index is 13.3. The molecule has 7 nitrogen and oxygen atoms in total. The van der Waals surface area contributed by atoms with Gasteiger partial charge in [0.2, 0.25) is 5.78 Å². The fraction of sp³-hybridized carbons (Fsp3) is 0.381. The highest BCUT2D eigenvalue weighted by atomic mass is 19.1. The van der Waals surface area contributed by atoms with E-state index in [-0.39, 0.29) is 23.7 Å². The van der Waals surface area contributed by atoms with Crippen molar-refractivity contribution in [2.75, 3.05) is 19.6 Å². The molecule has 1 amide bonds. The van der Waals surface area contributed by atoms with Crippen LogP contribution in [0.15, 0.2) is 48.9 Å². The molecular weight excluding hydrogens is 371 g/mol. The Bertz CT molecular complexity index is 986. The summed E-state index contributed by atoms with van der Waals surface area (Å²) in [5.41, 5.74) is 8.20. The average Bonchev–Trinajstić information content (AvgIpc) is 3.41. The molecule has 2 saturated heterocycles. The predicted molar refractivity (Wildman–Crippen MR) is 106 cm³/mol. The van der Waals surface area contributed by atoms with Crippen LogP contribution in [0.1, 0.15) is 34.8 Å². The van der Waals surface area contributed by atoms with Crippen LogP contribution < -0.4 is 10.9 Å². The van der Waals surface area contributed by atoms with Crippen LogP contribution in [0.4, 0.5) is 4.39 Å². The molecule has 0 aliphatic carbocycles. The van der Waals surface area contributed by atoms with Crippen molar-refractivity contribution in [2.24, 2.45) is 5.92 Å².